The number of aliphatic hydroxyl groups is 1. The van der Waals surface area contributed by atoms with Gasteiger partial charge in [0.1, 0.15) is 5.75 Å². The number of nitrogens with zero attached hydrogens (tertiary/aromatic N) is 2. The van der Waals surface area contributed by atoms with Crippen molar-refractivity contribution in [1.29, 1.82) is 0 Å². The van der Waals surface area contributed by atoms with E-state index in [1.54, 1.807) is 30.6 Å². The first kappa shape index (κ1) is 24.5. The highest BCUT2D eigenvalue weighted by Gasteiger charge is 2.41. The molecule has 1 aliphatic heterocycles. The molecule has 0 aliphatic carbocycles. The summed E-state index contributed by atoms with van der Waals surface area (Å²) in [5, 5.41) is 24.2. The number of halogens is 1. The second-order valence-corrected chi connectivity index (χ2v) is 9.95. The van der Waals surface area contributed by atoms with Crippen LogP contribution in [0.1, 0.15) is 42.2 Å². The highest BCUT2D eigenvalue weighted by Crippen LogP contribution is 2.41. The van der Waals surface area contributed by atoms with Crippen LogP contribution in [0.5, 0.6) is 5.75 Å². The summed E-state index contributed by atoms with van der Waals surface area (Å²) in [6.45, 7) is 1.95. The Morgan fingerprint density at radius 1 is 1.35 bits per heavy atom. The van der Waals surface area contributed by atoms with E-state index in [4.69, 9.17) is 16.3 Å². The molecule has 0 unspecified atom stereocenters. The molecule has 0 amide bonds. The highest BCUT2D eigenvalue weighted by atomic mass is 35.5. The van der Waals surface area contributed by atoms with Crippen molar-refractivity contribution in [2.75, 3.05) is 26.7 Å². The normalized spacial score (nSPS) is 16.6. The van der Waals surface area contributed by atoms with Gasteiger partial charge in [-0.05, 0) is 55.3 Å². The van der Waals surface area contributed by atoms with Crippen LogP contribution in [0.3, 0.4) is 0 Å². The highest BCUT2D eigenvalue weighted by molar-refractivity contribution is 7.10. The van der Waals surface area contributed by atoms with E-state index in [1.807, 2.05) is 23.6 Å². The quantitative estimate of drug-likeness (QED) is 0.446. The molecule has 1 fully saturated rings. The maximum atomic E-state index is 12.3. The molecule has 1 atom stereocenters. The summed E-state index contributed by atoms with van der Waals surface area (Å²) in [6.07, 6.45) is 2.32. The Balaban J connectivity index is 1.43. The lowest BCUT2D eigenvalue weighted by Crippen LogP contribution is -2.44. The van der Waals surface area contributed by atoms with Gasteiger partial charge in [0.05, 0.1) is 40.6 Å². The number of thiophene rings is 1. The molecular formula is C26H27ClN2O4S. The number of aliphatic hydroxyl groups excluding tert-OH is 1. The van der Waals surface area contributed by atoms with Crippen LogP contribution in [0.4, 0.5) is 0 Å². The van der Waals surface area contributed by atoms with Gasteiger partial charge in [0.25, 0.3) is 0 Å². The molecule has 0 radical (unpaired) electrons. The molecule has 1 aliphatic rings. The lowest BCUT2D eigenvalue weighted by atomic mass is 9.74. The summed E-state index contributed by atoms with van der Waals surface area (Å²) in [5.41, 5.74) is 0.391. The number of aromatic nitrogens is 1. The minimum absolute atomic E-state index is 0.292. The van der Waals surface area contributed by atoms with E-state index >= 15 is 0 Å². The third-order valence-corrected chi connectivity index (χ3v) is 7.69. The third-order valence-electron chi connectivity index (χ3n) is 6.60. The lowest BCUT2D eigenvalue weighted by Gasteiger charge is -2.38. The van der Waals surface area contributed by atoms with Crippen molar-refractivity contribution in [3.63, 3.8) is 0 Å². The van der Waals surface area contributed by atoms with Gasteiger partial charge in [-0.3, -0.25) is 14.7 Å². The number of fused-ring (bicyclic) bond motifs is 1. The Labute approximate surface area is 208 Å². The summed E-state index contributed by atoms with van der Waals surface area (Å²) >= 11 is 8.03. The van der Waals surface area contributed by atoms with Gasteiger partial charge >= 0.3 is 5.97 Å². The van der Waals surface area contributed by atoms with Gasteiger partial charge in [0.2, 0.25) is 0 Å². The molecule has 1 aromatic carbocycles. The average Bonchev–Trinajstić information content (AvgIpc) is 3.36. The van der Waals surface area contributed by atoms with Crippen molar-refractivity contribution in [3.05, 3.63) is 57.4 Å². The molecule has 6 nitrogen and oxygen atoms in total. The largest absolute Gasteiger partial charge is 0.497 e. The van der Waals surface area contributed by atoms with Gasteiger partial charge < -0.3 is 14.9 Å². The average molecular weight is 499 g/mol. The molecule has 0 saturated carbocycles. The molecule has 178 valence electrons. The van der Waals surface area contributed by atoms with E-state index < -0.39 is 17.5 Å². The number of pyridine rings is 1. The van der Waals surface area contributed by atoms with Crippen LogP contribution in [0, 0.1) is 17.3 Å². The van der Waals surface area contributed by atoms with E-state index in [-0.39, 0.29) is 0 Å². The van der Waals surface area contributed by atoms with Gasteiger partial charge in [-0.2, -0.15) is 0 Å². The van der Waals surface area contributed by atoms with Crippen molar-refractivity contribution in [2.24, 2.45) is 5.41 Å². The molecule has 4 rings (SSSR count). The van der Waals surface area contributed by atoms with Crippen molar-refractivity contribution in [1.82, 2.24) is 9.88 Å². The van der Waals surface area contributed by atoms with Crippen LogP contribution < -0.4 is 4.74 Å². The Kier molecular flexibility index (Phi) is 7.74. The van der Waals surface area contributed by atoms with E-state index in [0.29, 0.717) is 72.6 Å². The first-order valence-electron chi connectivity index (χ1n) is 11.2. The Hall–Kier alpha value is -2.63. The van der Waals surface area contributed by atoms with Gasteiger partial charge in [-0.15, -0.1) is 11.3 Å². The van der Waals surface area contributed by atoms with Crippen LogP contribution >= 0.6 is 22.9 Å². The fourth-order valence-electron chi connectivity index (χ4n) is 4.49. The predicted molar refractivity (Wildman–Crippen MR) is 134 cm³/mol. The zero-order valence-electron chi connectivity index (χ0n) is 19.0. The van der Waals surface area contributed by atoms with E-state index in [9.17, 15) is 15.0 Å². The molecular weight excluding hydrogens is 472 g/mol. The summed E-state index contributed by atoms with van der Waals surface area (Å²) in [6, 6.07) is 9.38. The number of piperidine rings is 1. The van der Waals surface area contributed by atoms with Crippen LogP contribution in [0.25, 0.3) is 10.9 Å². The number of hydrogen-bond donors (Lipinski definition) is 2. The monoisotopic (exact) mass is 498 g/mol. The molecule has 8 heteroatoms. The van der Waals surface area contributed by atoms with Crippen LogP contribution in [0.2, 0.25) is 5.02 Å². The molecule has 34 heavy (non-hydrogen) atoms. The van der Waals surface area contributed by atoms with Crippen molar-refractivity contribution in [3.8, 4) is 17.6 Å². The fourth-order valence-corrected chi connectivity index (χ4v) is 5.36. The van der Waals surface area contributed by atoms with Gasteiger partial charge in [0.15, 0.2) is 0 Å². The second-order valence-electron chi connectivity index (χ2n) is 8.60. The molecule has 0 spiro atoms. The number of benzene rings is 1. The number of carbonyl (C=O) groups is 1. The van der Waals surface area contributed by atoms with E-state index in [1.165, 1.54) is 6.20 Å². The van der Waals surface area contributed by atoms with Crippen molar-refractivity contribution >= 4 is 39.8 Å². The van der Waals surface area contributed by atoms with Gasteiger partial charge in [-0.25, -0.2) is 0 Å². The minimum Gasteiger partial charge on any atom is -0.497 e. The molecule has 0 bridgehead atoms. The van der Waals surface area contributed by atoms with E-state index in [0.717, 1.165) is 4.88 Å². The first-order chi connectivity index (χ1) is 16.4. The van der Waals surface area contributed by atoms with Gasteiger partial charge in [0, 0.05) is 30.2 Å². The minimum atomic E-state index is -0.906. The molecule has 2 N–H and O–H groups in total. The number of carboxylic acids is 1. The molecule has 3 aromatic rings. The molecule has 1 saturated heterocycles. The summed E-state index contributed by atoms with van der Waals surface area (Å²) < 4.78 is 5.31. The third kappa shape index (κ3) is 5.37. The van der Waals surface area contributed by atoms with Gasteiger partial charge in [-0.1, -0.05) is 29.5 Å². The number of rotatable bonds is 7. The number of aliphatic carboxylic acids is 1. The van der Waals surface area contributed by atoms with Crippen LogP contribution in [0.15, 0.2) is 41.9 Å². The van der Waals surface area contributed by atoms with Crippen molar-refractivity contribution in [2.45, 2.75) is 31.8 Å². The molecule has 3 heterocycles. The fraction of sp³-hybridized carbons (Fsp3) is 0.385. The predicted octanol–water partition coefficient (Wildman–Crippen LogP) is 4.99. The maximum absolute atomic E-state index is 12.3. The second kappa shape index (κ2) is 10.7. The number of hydrogen-bond acceptors (Lipinski definition) is 6. The number of carboxylic acid groups (broad SMARTS) is 1. The van der Waals surface area contributed by atoms with Crippen molar-refractivity contribution < 1.29 is 19.7 Å². The summed E-state index contributed by atoms with van der Waals surface area (Å²) in [5.74, 6) is 6.17. The van der Waals surface area contributed by atoms with Crippen LogP contribution in [-0.4, -0.2) is 52.8 Å². The maximum Gasteiger partial charge on any atom is 0.309 e. The number of methoxy groups -OCH3 is 1. The summed E-state index contributed by atoms with van der Waals surface area (Å²) in [4.78, 5) is 19.8. The van der Waals surface area contributed by atoms with Crippen LogP contribution in [-0.2, 0) is 4.79 Å². The zero-order chi connectivity index (χ0) is 24.1. The first-order valence-corrected chi connectivity index (χ1v) is 12.5. The zero-order valence-corrected chi connectivity index (χ0v) is 20.5. The smallest absolute Gasteiger partial charge is 0.309 e. The lowest BCUT2D eigenvalue weighted by molar-refractivity contribution is -0.153. The Morgan fingerprint density at radius 3 is 2.82 bits per heavy atom. The summed E-state index contributed by atoms with van der Waals surface area (Å²) in [7, 11) is 1.58. The Morgan fingerprint density at radius 2 is 2.15 bits per heavy atom. The number of ether oxygens (including phenoxy) is 1. The SMILES string of the molecule is COc1ccc2ncc(Cl)c([C@H](O)CCC3(C(=O)O)CCN(CC#Cc4cccs4)CC3)c2c1. The Bertz CT molecular complexity index is 1210. The number of likely N-dealkylation sites (tertiary alicyclic amines) is 1. The molecule has 2 aromatic heterocycles. The topological polar surface area (TPSA) is 82.9 Å². The van der Waals surface area contributed by atoms with E-state index in [2.05, 4.69) is 21.7 Å². The standard InChI is InChI=1S/C26H27ClN2O4S/c1-33-18-6-7-22-20(16-18)24(21(27)17-28-22)23(30)8-9-26(25(31)32)10-13-29(14-11-26)12-2-4-19-5-3-15-34-19/h3,5-7,15-17,23,30H,8-14H2,1H3,(H,31,32)/t23-/m1/s1.